The number of nitrogens with zero attached hydrogens (tertiary/aromatic N) is 1. The van der Waals surface area contributed by atoms with Gasteiger partial charge in [0, 0.05) is 22.5 Å². The highest BCUT2D eigenvalue weighted by Gasteiger charge is 2.17. The molecule has 0 fully saturated rings. The summed E-state index contributed by atoms with van der Waals surface area (Å²) in [5.74, 6) is -0.217. The first kappa shape index (κ1) is 12.6. The quantitative estimate of drug-likeness (QED) is 0.756. The third kappa shape index (κ3) is 1.96. The molecule has 0 radical (unpaired) electrons. The summed E-state index contributed by atoms with van der Waals surface area (Å²) in [6.07, 6.45) is 0.840. The number of hydrogen-bond acceptors (Lipinski definition) is 1. The average Bonchev–Trinajstić information content (AvgIpc) is 2.64. The molecule has 1 heterocycles. The van der Waals surface area contributed by atoms with Crippen LogP contribution in [0.5, 0.6) is 0 Å². The Morgan fingerprint density at radius 2 is 1.94 bits per heavy atom. The van der Waals surface area contributed by atoms with Gasteiger partial charge in [-0.05, 0) is 32.9 Å². The van der Waals surface area contributed by atoms with E-state index < -0.39 is 0 Å². The Kier molecular flexibility index (Phi) is 3.32. The van der Waals surface area contributed by atoms with Gasteiger partial charge in [0.25, 0.3) is 0 Å². The zero-order valence-electron chi connectivity index (χ0n) is 10.8. The van der Waals surface area contributed by atoms with Crippen molar-refractivity contribution in [2.75, 3.05) is 0 Å². The van der Waals surface area contributed by atoms with E-state index in [-0.39, 0.29) is 11.9 Å². The highest BCUT2D eigenvalue weighted by Crippen LogP contribution is 2.26. The van der Waals surface area contributed by atoms with Crippen LogP contribution in [0.25, 0.3) is 0 Å². The second-order valence-electron chi connectivity index (χ2n) is 4.51. The van der Waals surface area contributed by atoms with Crippen molar-refractivity contribution in [2.45, 2.75) is 26.8 Å². The van der Waals surface area contributed by atoms with Gasteiger partial charge in [-0.3, -0.25) is 4.79 Å². The first-order chi connectivity index (χ1) is 8.56. The summed E-state index contributed by atoms with van der Waals surface area (Å²) in [4.78, 5) is 10.9. The maximum absolute atomic E-state index is 13.8. The van der Waals surface area contributed by atoms with Gasteiger partial charge in [0.15, 0.2) is 6.29 Å². The van der Waals surface area contributed by atoms with Gasteiger partial charge in [0.05, 0.1) is 6.04 Å². The Morgan fingerprint density at radius 1 is 1.28 bits per heavy atom. The number of aromatic nitrogens is 1. The van der Waals surface area contributed by atoms with Crippen molar-refractivity contribution in [1.82, 2.24) is 4.57 Å². The van der Waals surface area contributed by atoms with Gasteiger partial charge in [0.2, 0.25) is 0 Å². The zero-order chi connectivity index (χ0) is 13.3. The van der Waals surface area contributed by atoms with Crippen molar-refractivity contribution in [3.8, 4) is 0 Å². The summed E-state index contributed by atoms with van der Waals surface area (Å²) >= 11 is 0. The van der Waals surface area contributed by atoms with Crippen LogP contribution in [0.15, 0.2) is 30.3 Å². The topological polar surface area (TPSA) is 22.0 Å². The molecular weight excluding hydrogens is 229 g/mol. The van der Waals surface area contributed by atoms with E-state index in [2.05, 4.69) is 0 Å². The number of carbonyl (C=O) groups excluding carboxylic acids is 1. The molecule has 2 nitrogen and oxygen atoms in total. The maximum atomic E-state index is 13.8. The van der Waals surface area contributed by atoms with E-state index in [0.717, 1.165) is 17.7 Å². The molecule has 0 saturated carbocycles. The van der Waals surface area contributed by atoms with Crippen LogP contribution in [0, 0.1) is 19.7 Å². The lowest BCUT2D eigenvalue weighted by Gasteiger charge is -2.19. The van der Waals surface area contributed by atoms with Crippen LogP contribution in [-0.4, -0.2) is 10.9 Å². The molecule has 0 N–H and O–H groups in total. The van der Waals surface area contributed by atoms with Gasteiger partial charge in [-0.2, -0.15) is 0 Å². The molecule has 0 aliphatic rings. The number of rotatable bonds is 3. The molecule has 94 valence electrons. The first-order valence-corrected chi connectivity index (χ1v) is 5.94. The number of halogens is 1. The summed E-state index contributed by atoms with van der Waals surface area (Å²) in [6.45, 7) is 5.75. The molecule has 1 atom stereocenters. The van der Waals surface area contributed by atoms with Gasteiger partial charge >= 0.3 is 0 Å². The third-order valence-electron chi connectivity index (χ3n) is 3.39. The molecule has 0 saturated heterocycles. The fourth-order valence-electron chi connectivity index (χ4n) is 2.47. The van der Waals surface area contributed by atoms with E-state index in [1.807, 2.05) is 37.5 Å². The third-order valence-corrected chi connectivity index (χ3v) is 3.39. The predicted octanol–water partition coefficient (Wildman–Crippen LogP) is 3.67. The molecule has 0 amide bonds. The Bertz CT molecular complexity index is 586. The number of aryl methyl sites for hydroxylation is 1. The van der Waals surface area contributed by atoms with Crippen molar-refractivity contribution in [1.29, 1.82) is 0 Å². The lowest BCUT2D eigenvalue weighted by atomic mass is 10.1. The van der Waals surface area contributed by atoms with Gasteiger partial charge in [-0.25, -0.2) is 4.39 Å². The van der Waals surface area contributed by atoms with Gasteiger partial charge < -0.3 is 4.57 Å². The number of carbonyl (C=O) groups is 1. The fourth-order valence-corrected chi connectivity index (χ4v) is 2.47. The van der Waals surface area contributed by atoms with E-state index >= 15 is 0 Å². The summed E-state index contributed by atoms with van der Waals surface area (Å²) < 4.78 is 15.8. The van der Waals surface area contributed by atoms with Gasteiger partial charge in [0.1, 0.15) is 5.82 Å². The van der Waals surface area contributed by atoms with Crippen LogP contribution < -0.4 is 0 Å². The SMILES string of the molecule is Cc1cc(C=O)c(C)n1C(C)c1ccccc1F. The van der Waals surface area contributed by atoms with E-state index in [9.17, 15) is 9.18 Å². The molecule has 0 spiro atoms. The van der Waals surface area contributed by atoms with E-state index in [4.69, 9.17) is 0 Å². The predicted molar refractivity (Wildman–Crippen MR) is 69.5 cm³/mol. The van der Waals surface area contributed by atoms with Gasteiger partial charge in [-0.15, -0.1) is 0 Å². The standard InChI is InChI=1S/C15H16FNO/c1-10-8-13(9-18)11(2)17(10)12(3)14-6-4-5-7-15(14)16/h4-9,12H,1-3H3. The van der Waals surface area contributed by atoms with Crippen LogP contribution in [0.3, 0.4) is 0 Å². The molecular formula is C15H16FNO. The van der Waals surface area contributed by atoms with Crippen molar-refractivity contribution in [2.24, 2.45) is 0 Å². The summed E-state index contributed by atoms with van der Waals surface area (Å²) in [7, 11) is 0. The van der Waals surface area contributed by atoms with E-state index in [1.165, 1.54) is 6.07 Å². The summed E-state index contributed by atoms with van der Waals surface area (Å²) in [5, 5.41) is 0. The summed E-state index contributed by atoms with van der Waals surface area (Å²) in [5.41, 5.74) is 3.14. The first-order valence-electron chi connectivity index (χ1n) is 5.94. The lowest BCUT2D eigenvalue weighted by Crippen LogP contribution is -2.11. The molecule has 1 aromatic carbocycles. The van der Waals surface area contributed by atoms with Crippen LogP contribution in [0.1, 0.15) is 40.3 Å². The largest absolute Gasteiger partial charge is 0.341 e. The minimum absolute atomic E-state index is 0.125. The molecule has 1 unspecified atom stereocenters. The second kappa shape index (κ2) is 4.77. The molecule has 2 rings (SSSR count). The Hall–Kier alpha value is -1.90. The van der Waals surface area contributed by atoms with Crippen LogP contribution in [0.4, 0.5) is 4.39 Å². The smallest absolute Gasteiger partial charge is 0.151 e. The molecule has 0 aliphatic heterocycles. The van der Waals surface area contributed by atoms with Crippen molar-refractivity contribution >= 4 is 6.29 Å². The number of hydrogen-bond donors (Lipinski definition) is 0. The van der Waals surface area contributed by atoms with E-state index in [0.29, 0.717) is 11.1 Å². The molecule has 3 heteroatoms. The zero-order valence-corrected chi connectivity index (χ0v) is 10.8. The van der Waals surface area contributed by atoms with Crippen LogP contribution in [0.2, 0.25) is 0 Å². The van der Waals surface area contributed by atoms with Crippen molar-refractivity contribution < 1.29 is 9.18 Å². The van der Waals surface area contributed by atoms with Crippen LogP contribution >= 0.6 is 0 Å². The minimum atomic E-state index is -0.217. The van der Waals surface area contributed by atoms with Gasteiger partial charge in [-0.1, -0.05) is 18.2 Å². The maximum Gasteiger partial charge on any atom is 0.151 e. The average molecular weight is 245 g/mol. The lowest BCUT2D eigenvalue weighted by molar-refractivity contribution is 0.112. The highest BCUT2D eigenvalue weighted by molar-refractivity contribution is 5.77. The normalized spacial score (nSPS) is 12.4. The Balaban J connectivity index is 2.53. The molecule has 2 aromatic rings. The molecule has 18 heavy (non-hydrogen) atoms. The highest BCUT2D eigenvalue weighted by atomic mass is 19.1. The van der Waals surface area contributed by atoms with Crippen LogP contribution in [-0.2, 0) is 0 Å². The van der Waals surface area contributed by atoms with Crippen molar-refractivity contribution in [3.05, 3.63) is 58.7 Å². The number of aldehydes is 1. The van der Waals surface area contributed by atoms with E-state index in [1.54, 1.807) is 12.1 Å². The fraction of sp³-hybridized carbons (Fsp3) is 0.267. The van der Waals surface area contributed by atoms with Crippen molar-refractivity contribution in [3.63, 3.8) is 0 Å². The molecule has 0 bridgehead atoms. The Labute approximate surface area is 106 Å². The number of benzene rings is 1. The summed E-state index contributed by atoms with van der Waals surface area (Å²) in [6, 6.07) is 8.45. The minimum Gasteiger partial charge on any atom is -0.341 e. The Morgan fingerprint density at radius 3 is 2.50 bits per heavy atom. The molecule has 0 aliphatic carbocycles. The second-order valence-corrected chi connectivity index (χ2v) is 4.51. The monoisotopic (exact) mass is 245 g/mol. The molecule has 1 aromatic heterocycles.